The summed E-state index contributed by atoms with van der Waals surface area (Å²) in [5.74, 6) is -14.7. The molecule has 0 bridgehead atoms. The Hall–Kier alpha value is -9.19. The number of halogens is 11. The van der Waals surface area contributed by atoms with Crippen LogP contribution in [0.25, 0.3) is 77.2 Å². The number of aromatic nitrogens is 2. The Kier molecular flexibility index (Phi) is 25.0. The number of nitriles is 3. The first kappa shape index (κ1) is 72.1. The third-order valence-electron chi connectivity index (χ3n) is 17.1. The maximum Gasteiger partial charge on any atom is 0.180 e. The molecule has 12 aromatic rings. The van der Waals surface area contributed by atoms with Gasteiger partial charge in [0.1, 0.15) is 46.3 Å². The summed E-state index contributed by atoms with van der Waals surface area (Å²) in [6.07, 6.45) is 11.0. The van der Waals surface area contributed by atoms with E-state index in [2.05, 4.69) is 73.1 Å². The third kappa shape index (κ3) is 15.2. The molecule has 0 atom stereocenters. The van der Waals surface area contributed by atoms with Crippen molar-refractivity contribution in [1.29, 1.82) is 15.8 Å². The second-order valence-electron chi connectivity index (χ2n) is 23.1. The van der Waals surface area contributed by atoms with Gasteiger partial charge in [-0.2, -0.15) is 15.8 Å². The largest absolute Gasteiger partial charge is 0.305 e. The van der Waals surface area contributed by atoms with Gasteiger partial charge in [-0.15, -0.1) is 0 Å². The molecule has 0 unspecified atom stereocenters. The zero-order chi connectivity index (χ0) is 69.3. The van der Waals surface area contributed by atoms with Crippen LogP contribution >= 0.6 is 15.9 Å². The van der Waals surface area contributed by atoms with Crippen LogP contribution in [-0.4, -0.2) is 40.7 Å². The zero-order valence-electron chi connectivity index (χ0n) is 53.4. The van der Waals surface area contributed by atoms with Crippen LogP contribution in [-0.2, 0) is 4.74 Å². The molecule has 494 valence electrons. The maximum atomic E-state index is 17.1. The summed E-state index contributed by atoms with van der Waals surface area (Å²) in [7, 11) is 0. The van der Waals surface area contributed by atoms with Crippen LogP contribution in [0, 0.1) is 92.2 Å². The van der Waals surface area contributed by atoms with Crippen LogP contribution in [0.3, 0.4) is 0 Å². The predicted molar refractivity (Wildman–Crippen MR) is 371 cm³/mol. The van der Waals surface area contributed by atoms with Gasteiger partial charge in [0.2, 0.25) is 0 Å². The van der Waals surface area contributed by atoms with Crippen LogP contribution < -0.4 is 3.58 Å². The molecule has 1 aliphatic rings. The summed E-state index contributed by atoms with van der Waals surface area (Å²) in [6, 6.07) is 62.7. The molecular weight excluding hydrogens is 1420 g/mol. The van der Waals surface area contributed by atoms with Crippen LogP contribution in [0.5, 0.6) is 0 Å². The van der Waals surface area contributed by atoms with Crippen molar-refractivity contribution in [2.45, 2.75) is 85.4 Å². The molecule has 0 N–H and O–H groups in total. The van der Waals surface area contributed by atoms with E-state index in [1.807, 2.05) is 103 Å². The van der Waals surface area contributed by atoms with E-state index in [9.17, 15) is 40.4 Å². The Labute approximate surface area is 569 Å². The van der Waals surface area contributed by atoms with Crippen molar-refractivity contribution in [3.63, 3.8) is 0 Å². The Morgan fingerprint density at radius 1 is 0.371 bits per heavy atom. The van der Waals surface area contributed by atoms with Crippen molar-refractivity contribution in [3.8, 4) is 51.8 Å². The summed E-state index contributed by atoms with van der Waals surface area (Å²) in [6.45, 7) is 9.05. The van der Waals surface area contributed by atoms with E-state index in [-0.39, 0.29) is 28.1 Å². The first-order chi connectivity index (χ1) is 47.0. The van der Waals surface area contributed by atoms with E-state index in [1.54, 1.807) is 56.4 Å². The zero-order valence-corrected chi connectivity index (χ0v) is 57.8. The smallest absolute Gasteiger partial charge is 0.180 e. The molecule has 0 amide bonds. The first-order valence-electron chi connectivity index (χ1n) is 31.9. The first-order valence-corrected chi connectivity index (χ1v) is 40.2. The van der Waals surface area contributed by atoms with Crippen molar-refractivity contribution in [2.75, 3.05) is 13.2 Å². The van der Waals surface area contributed by atoms with Gasteiger partial charge in [-0.05, 0) is 64.2 Å². The summed E-state index contributed by atoms with van der Waals surface area (Å²) in [5, 5.41) is 31.1. The van der Waals surface area contributed by atoms with Gasteiger partial charge >= 0.3 is 125 Å². The Morgan fingerprint density at radius 3 is 0.959 bits per heavy atom. The average molecular weight is 1490 g/mol. The van der Waals surface area contributed by atoms with Gasteiger partial charge in [0.15, 0.2) is 58.2 Å². The number of benzene rings is 10. The molecule has 2 aromatic heterocycles. The standard InChI is InChI=1S/C37H21F2N3.C13H5F4N.C7BrF4N.C6H5.C4H8O.3C4H9.Sn/c38-34-33(23-12-2-1-3-13-23)35(39)37(42-31-20-10-6-16-26(31)27-17-7-11-21-32(27)42)28(22-40)36(34)41-29-18-8-4-14-24(29)25-15-5-9-19-30(25)41;14-10-8(6-18)11(15)13(17)9(12(10)16)7-4-2-1-3-5-7;8-3-6(11)4(9)2(1-13)5(10)7(3)12;1-2-4-6-5-3-1;1-2-4-5-3-1;3*1-3-4-2;/h1-21H;1-5H;;1-5H;1-4H2;3*1,3-4H2,2H3;. The molecule has 0 aliphatic carbocycles. The van der Waals surface area contributed by atoms with E-state index < -0.39 is 97.7 Å². The minimum atomic E-state index is -2.10. The predicted octanol–water partition coefficient (Wildman–Crippen LogP) is 22.9. The topological polar surface area (TPSA) is 90.5 Å². The molecule has 1 fully saturated rings. The van der Waals surface area contributed by atoms with Crippen LogP contribution in [0.15, 0.2) is 193 Å². The number of unbranched alkanes of at least 4 members (excludes halogenated alkanes) is 3. The fraction of sp³-hybridized carbons (Fsp3) is 0.203. The number of para-hydroxylation sites is 4. The molecule has 0 radical (unpaired) electrons. The molecule has 13 rings (SSSR count). The van der Waals surface area contributed by atoms with Crippen molar-refractivity contribution in [3.05, 3.63) is 267 Å². The van der Waals surface area contributed by atoms with Gasteiger partial charge in [-0.3, -0.25) is 0 Å². The van der Waals surface area contributed by atoms with Crippen LogP contribution in [0.2, 0.25) is 13.3 Å². The van der Waals surface area contributed by atoms with E-state index in [0.29, 0.717) is 5.56 Å². The molecule has 3 heterocycles. The minimum absolute atomic E-state index is 0.00482. The summed E-state index contributed by atoms with van der Waals surface area (Å²) in [5.41, 5.74) is -0.255. The van der Waals surface area contributed by atoms with Crippen molar-refractivity contribution < 1.29 is 48.6 Å². The third-order valence-corrected chi connectivity index (χ3v) is 33.5. The Bertz CT molecular complexity index is 4550. The van der Waals surface area contributed by atoms with Crippen LogP contribution in [0.4, 0.5) is 43.9 Å². The molecule has 18 heteroatoms. The van der Waals surface area contributed by atoms with Crippen LogP contribution in [0.1, 0.15) is 88.8 Å². The Balaban J connectivity index is 0.000000166. The molecule has 6 nitrogen and oxygen atoms in total. The van der Waals surface area contributed by atoms with E-state index in [0.717, 1.165) is 69.0 Å². The number of nitrogens with zero attached hydrogens (tertiary/aromatic N) is 5. The van der Waals surface area contributed by atoms with E-state index in [4.69, 9.17) is 15.3 Å². The number of fused-ring (bicyclic) bond motifs is 6. The van der Waals surface area contributed by atoms with Crippen molar-refractivity contribution in [2.24, 2.45) is 0 Å². The number of hydrogen-bond acceptors (Lipinski definition) is 4. The fourth-order valence-corrected chi connectivity index (χ4v) is 28.7. The van der Waals surface area contributed by atoms with Gasteiger partial charge in [0, 0.05) is 34.8 Å². The molecule has 0 spiro atoms. The molecule has 0 saturated carbocycles. The molecule has 1 aliphatic heterocycles. The Morgan fingerprint density at radius 2 is 0.660 bits per heavy atom. The van der Waals surface area contributed by atoms with Gasteiger partial charge in [0.25, 0.3) is 0 Å². The number of hydrogen-bond donors (Lipinski definition) is 0. The maximum absolute atomic E-state index is 17.1. The van der Waals surface area contributed by atoms with Gasteiger partial charge < -0.3 is 13.9 Å². The van der Waals surface area contributed by atoms with Gasteiger partial charge in [-0.1, -0.05) is 133 Å². The molecule has 97 heavy (non-hydrogen) atoms. The normalized spacial score (nSPS) is 11.7. The summed E-state index contributed by atoms with van der Waals surface area (Å²) in [4.78, 5) is 0. The second-order valence-corrected chi connectivity index (χ2v) is 37.1. The molecular formula is C79H66BrF10N5OSn. The van der Waals surface area contributed by atoms with Gasteiger partial charge in [0.05, 0.1) is 37.7 Å². The van der Waals surface area contributed by atoms with Crippen molar-refractivity contribution in [1.82, 2.24) is 9.13 Å². The fourth-order valence-electron chi connectivity index (χ4n) is 12.3. The quantitative estimate of drug-likeness (QED) is 0.0469. The number of ether oxygens (including phenoxy) is 1. The SMILES string of the molecule is C1CCOC1.CCC[CH2][Sn]([CH2]CCC)([CH2]CCC)[c]1ccccc1.N#Cc1c(-n2c3ccccc3c3ccccc32)c(F)c(-c2ccccc2)c(F)c1-n1c2ccccc2c2ccccc21.N#Cc1c(F)c(F)c(-c2ccccc2)c(F)c1F.N#Cc1c(F)c(F)c(Br)c(F)c1F. The minimum Gasteiger partial charge on any atom is -0.305 e. The van der Waals surface area contributed by atoms with Gasteiger partial charge in [-0.25, -0.2) is 43.9 Å². The van der Waals surface area contributed by atoms with E-state index >= 15 is 8.78 Å². The second kappa shape index (κ2) is 33.7. The molecule has 10 aromatic carbocycles. The summed E-state index contributed by atoms with van der Waals surface area (Å²) >= 11 is 0.209. The average Bonchev–Trinajstić information content (AvgIpc) is 1.60. The van der Waals surface area contributed by atoms with Crippen molar-refractivity contribution >= 4 is 81.5 Å². The monoisotopic (exact) mass is 1490 g/mol. The van der Waals surface area contributed by atoms with E-state index in [1.165, 1.54) is 75.6 Å². The summed E-state index contributed by atoms with van der Waals surface area (Å²) < 4.78 is 153. The number of rotatable bonds is 14. The molecule has 1 saturated heterocycles.